The highest BCUT2D eigenvalue weighted by molar-refractivity contribution is 6.05. The molecule has 0 atom stereocenters. The minimum Gasteiger partial charge on any atom is -0.373 e. The Morgan fingerprint density at radius 3 is 2.49 bits per heavy atom. The van der Waals surface area contributed by atoms with Gasteiger partial charge in [0.25, 0.3) is 5.91 Å². The summed E-state index contributed by atoms with van der Waals surface area (Å²) in [5.74, 6) is 0.521. The summed E-state index contributed by atoms with van der Waals surface area (Å²) in [5, 5.41) is 5.92. The number of anilines is 5. The van der Waals surface area contributed by atoms with Crippen molar-refractivity contribution in [1.82, 2.24) is 24.8 Å². The van der Waals surface area contributed by atoms with Gasteiger partial charge < -0.3 is 25.3 Å². The molecular weight excluding hydrogens is 559 g/mol. The first kappa shape index (κ1) is 30.0. The average Bonchev–Trinajstić information content (AvgIpc) is 3.51. The SMILES string of the molecule is Cc1ccc(C(=O)Nc2cc(N(C)CCN(C)C)cc(C(F)(F)F)c2)cc1Nc1ncnc2cnc(N3CCCC3)nc12. The zero-order valence-corrected chi connectivity index (χ0v) is 24.5. The maximum absolute atomic E-state index is 13.7. The van der Waals surface area contributed by atoms with Gasteiger partial charge in [-0.1, -0.05) is 6.07 Å². The van der Waals surface area contributed by atoms with E-state index in [1.165, 1.54) is 6.33 Å². The lowest BCUT2D eigenvalue weighted by Gasteiger charge is -2.23. The van der Waals surface area contributed by atoms with E-state index in [0.29, 0.717) is 47.3 Å². The van der Waals surface area contributed by atoms with Crippen LogP contribution in [0.15, 0.2) is 48.9 Å². The predicted molar refractivity (Wildman–Crippen MR) is 162 cm³/mol. The molecule has 1 aliphatic heterocycles. The number of hydrogen-bond donors (Lipinski definition) is 2. The van der Waals surface area contributed by atoms with Crippen LogP contribution in [0.4, 0.5) is 42.0 Å². The monoisotopic (exact) mass is 593 g/mol. The first-order valence-electron chi connectivity index (χ1n) is 14.0. The van der Waals surface area contributed by atoms with Crippen LogP contribution in [0.3, 0.4) is 0 Å². The highest BCUT2D eigenvalue weighted by Gasteiger charge is 2.32. The second-order valence-corrected chi connectivity index (χ2v) is 10.9. The fourth-order valence-electron chi connectivity index (χ4n) is 4.78. The summed E-state index contributed by atoms with van der Waals surface area (Å²) in [4.78, 5) is 36.9. The summed E-state index contributed by atoms with van der Waals surface area (Å²) < 4.78 is 41.2. The highest BCUT2D eigenvalue weighted by Crippen LogP contribution is 2.35. The molecular formula is C30H34F3N9O. The molecule has 2 aromatic heterocycles. The molecule has 4 aromatic rings. The number of likely N-dealkylation sites (N-methyl/N-ethyl adjacent to an activating group) is 2. The molecule has 2 N–H and O–H groups in total. The van der Waals surface area contributed by atoms with E-state index in [4.69, 9.17) is 4.98 Å². The maximum Gasteiger partial charge on any atom is 0.416 e. The van der Waals surface area contributed by atoms with Crippen molar-refractivity contribution < 1.29 is 18.0 Å². The second kappa shape index (κ2) is 12.4. The average molecular weight is 594 g/mol. The van der Waals surface area contributed by atoms with Gasteiger partial charge in [0.15, 0.2) is 5.82 Å². The third kappa shape index (κ3) is 7.11. The van der Waals surface area contributed by atoms with Crippen molar-refractivity contribution in [3.8, 4) is 0 Å². The summed E-state index contributed by atoms with van der Waals surface area (Å²) in [7, 11) is 5.50. The Morgan fingerprint density at radius 2 is 1.77 bits per heavy atom. The molecule has 226 valence electrons. The predicted octanol–water partition coefficient (Wildman–Crippen LogP) is 5.34. The molecule has 0 spiro atoms. The van der Waals surface area contributed by atoms with Gasteiger partial charge in [0.2, 0.25) is 5.95 Å². The van der Waals surface area contributed by atoms with Crippen LogP contribution in [0.25, 0.3) is 11.0 Å². The first-order chi connectivity index (χ1) is 20.5. The van der Waals surface area contributed by atoms with E-state index in [-0.39, 0.29) is 11.3 Å². The molecule has 1 saturated heterocycles. The number of alkyl halides is 3. The molecule has 0 bridgehead atoms. The number of amides is 1. The number of rotatable bonds is 9. The van der Waals surface area contributed by atoms with E-state index in [1.54, 1.807) is 42.4 Å². The van der Waals surface area contributed by atoms with Crippen molar-refractivity contribution in [3.63, 3.8) is 0 Å². The van der Waals surface area contributed by atoms with Crippen molar-refractivity contribution in [3.05, 3.63) is 65.6 Å². The number of carbonyl (C=O) groups excluding carboxylic acids is 1. The van der Waals surface area contributed by atoms with Gasteiger partial charge in [0.1, 0.15) is 17.4 Å². The third-order valence-electron chi connectivity index (χ3n) is 7.33. The number of benzene rings is 2. The Hall–Kier alpha value is -4.52. The van der Waals surface area contributed by atoms with E-state index < -0.39 is 17.6 Å². The zero-order chi connectivity index (χ0) is 30.7. The molecule has 2 aromatic carbocycles. The summed E-state index contributed by atoms with van der Waals surface area (Å²) >= 11 is 0. The van der Waals surface area contributed by atoms with Crippen LogP contribution in [0.2, 0.25) is 0 Å². The molecule has 5 rings (SSSR count). The van der Waals surface area contributed by atoms with E-state index in [2.05, 4.69) is 30.5 Å². The number of nitrogens with one attached hydrogen (secondary N) is 2. The Labute approximate surface area is 248 Å². The number of nitrogens with zero attached hydrogens (tertiary/aromatic N) is 7. The molecule has 0 aliphatic carbocycles. The molecule has 1 amide bonds. The minimum absolute atomic E-state index is 0.0505. The van der Waals surface area contributed by atoms with Crippen LogP contribution in [-0.4, -0.2) is 78.1 Å². The smallest absolute Gasteiger partial charge is 0.373 e. The lowest BCUT2D eigenvalue weighted by molar-refractivity contribution is -0.137. The minimum atomic E-state index is -4.57. The molecule has 1 fully saturated rings. The van der Waals surface area contributed by atoms with Crippen LogP contribution in [0.1, 0.15) is 34.3 Å². The lowest BCUT2D eigenvalue weighted by Crippen LogP contribution is -2.28. The van der Waals surface area contributed by atoms with Gasteiger partial charge in [0, 0.05) is 55.9 Å². The summed E-state index contributed by atoms with van der Waals surface area (Å²) in [6, 6.07) is 8.60. The number of fused-ring (bicyclic) bond motifs is 1. The number of hydrogen-bond acceptors (Lipinski definition) is 9. The number of aromatic nitrogens is 4. The van der Waals surface area contributed by atoms with Crippen molar-refractivity contribution in [2.24, 2.45) is 0 Å². The van der Waals surface area contributed by atoms with Gasteiger partial charge in [-0.3, -0.25) is 4.79 Å². The molecule has 0 unspecified atom stereocenters. The largest absolute Gasteiger partial charge is 0.416 e. The van der Waals surface area contributed by atoms with Crippen molar-refractivity contribution >= 4 is 45.8 Å². The maximum atomic E-state index is 13.7. The van der Waals surface area contributed by atoms with E-state index >= 15 is 0 Å². The van der Waals surface area contributed by atoms with Crippen LogP contribution in [-0.2, 0) is 6.18 Å². The molecule has 10 nitrogen and oxygen atoms in total. The van der Waals surface area contributed by atoms with Crippen molar-refractivity contribution in [2.45, 2.75) is 25.9 Å². The van der Waals surface area contributed by atoms with E-state index in [9.17, 15) is 18.0 Å². The molecule has 43 heavy (non-hydrogen) atoms. The van der Waals surface area contributed by atoms with Gasteiger partial charge in [-0.2, -0.15) is 13.2 Å². The number of aryl methyl sites for hydroxylation is 1. The molecule has 13 heteroatoms. The number of carbonyl (C=O) groups is 1. The molecule has 1 aliphatic rings. The van der Waals surface area contributed by atoms with Crippen LogP contribution in [0, 0.1) is 6.92 Å². The highest BCUT2D eigenvalue weighted by atomic mass is 19.4. The summed E-state index contributed by atoms with van der Waals surface area (Å²) in [5.41, 5.74) is 2.38. The van der Waals surface area contributed by atoms with Gasteiger partial charge in [-0.05, 0) is 69.8 Å². The standard InChI is InChI=1S/C30H34F3N9O/c1-19-7-8-20(28(43)37-22-14-21(30(31,32)33)15-23(16-22)41(4)12-11-40(2)3)13-24(19)38-27-26-25(35-18-36-27)17-34-29(39-26)42-9-5-6-10-42/h7-8,13-18H,5-6,9-12H2,1-4H3,(H,37,43)(H,35,36,38). The van der Waals surface area contributed by atoms with E-state index in [0.717, 1.165) is 43.6 Å². The fourth-order valence-corrected chi connectivity index (χ4v) is 4.78. The lowest BCUT2D eigenvalue weighted by atomic mass is 10.1. The van der Waals surface area contributed by atoms with E-state index in [1.807, 2.05) is 25.9 Å². The molecule has 0 radical (unpaired) electrons. The Morgan fingerprint density at radius 1 is 1.00 bits per heavy atom. The Bertz CT molecular complexity index is 1620. The topological polar surface area (TPSA) is 102 Å². The molecule has 3 heterocycles. The summed E-state index contributed by atoms with van der Waals surface area (Å²) in [6.45, 7) is 4.81. The van der Waals surface area contributed by atoms with Crippen molar-refractivity contribution in [2.75, 3.05) is 67.8 Å². The van der Waals surface area contributed by atoms with Crippen LogP contribution >= 0.6 is 0 Å². The fraction of sp³-hybridized carbons (Fsp3) is 0.367. The van der Waals surface area contributed by atoms with Gasteiger partial charge in [-0.15, -0.1) is 0 Å². The van der Waals surface area contributed by atoms with Crippen LogP contribution < -0.4 is 20.4 Å². The van der Waals surface area contributed by atoms with Gasteiger partial charge in [0.05, 0.1) is 11.8 Å². The normalized spacial score (nSPS) is 13.5. The number of halogens is 3. The van der Waals surface area contributed by atoms with Crippen LogP contribution in [0.5, 0.6) is 0 Å². The third-order valence-corrected chi connectivity index (χ3v) is 7.33. The zero-order valence-electron chi connectivity index (χ0n) is 24.5. The quantitative estimate of drug-likeness (QED) is 0.266. The Balaban J connectivity index is 1.40. The first-order valence-corrected chi connectivity index (χ1v) is 14.0. The van der Waals surface area contributed by atoms with Gasteiger partial charge >= 0.3 is 6.18 Å². The summed E-state index contributed by atoms with van der Waals surface area (Å²) in [6.07, 6.45) is 0.677. The second-order valence-electron chi connectivity index (χ2n) is 10.9. The Kier molecular flexibility index (Phi) is 8.62. The molecule has 0 saturated carbocycles. The van der Waals surface area contributed by atoms with Gasteiger partial charge in [-0.25, -0.2) is 19.9 Å². The van der Waals surface area contributed by atoms with Crippen molar-refractivity contribution in [1.29, 1.82) is 0 Å².